The van der Waals surface area contributed by atoms with Gasteiger partial charge in [0, 0.05) is 5.56 Å². The lowest BCUT2D eigenvalue weighted by molar-refractivity contribution is -0.0239. The Hall–Kier alpha value is -3.26. The summed E-state index contributed by atoms with van der Waals surface area (Å²) in [5.74, 6) is 1.04. The van der Waals surface area contributed by atoms with Crippen molar-refractivity contribution in [1.82, 2.24) is 9.29 Å². The van der Waals surface area contributed by atoms with Gasteiger partial charge in [-0.15, -0.1) is 0 Å². The molecule has 0 saturated heterocycles. The van der Waals surface area contributed by atoms with E-state index in [-0.39, 0.29) is 11.4 Å². The van der Waals surface area contributed by atoms with Gasteiger partial charge in [0.15, 0.2) is 5.76 Å². The summed E-state index contributed by atoms with van der Waals surface area (Å²) in [6.07, 6.45) is -0.600. The van der Waals surface area contributed by atoms with Crippen LogP contribution in [0.15, 0.2) is 100 Å². The van der Waals surface area contributed by atoms with E-state index >= 15 is 0 Å². The lowest BCUT2D eigenvalue weighted by Crippen LogP contribution is -2.45. The third-order valence-corrected chi connectivity index (χ3v) is 7.77. The highest BCUT2D eigenvalue weighted by molar-refractivity contribution is 7.89. The molecule has 0 fully saturated rings. The smallest absolute Gasteiger partial charge is 0.243 e. The quantitative estimate of drug-likeness (QED) is 0.396. The van der Waals surface area contributed by atoms with E-state index in [1.807, 2.05) is 67.6 Å². The zero-order valence-corrected chi connectivity index (χ0v) is 19.0. The molecular weight excluding hydrogens is 436 g/mol. The van der Waals surface area contributed by atoms with Crippen molar-refractivity contribution >= 4 is 10.0 Å². The van der Waals surface area contributed by atoms with Crippen LogP contribution in [0, 0.1) is 0 Å². The van der Waals surface area contributed by atoms with E-state index in [2.05, 4.69) is 4.98 Å². The molecule has 0 unspecified atom stereocenters. The molecule has 168 valence electrons. The number of rotatable bonds is 6. The number of nitrogens with zero attached hydrogens (tertiary/aromatic N) is 2. The second-order valence-corrected chi connectivity index (χ2v) is 9.91. The van der Waals surface area contributed by atoms with Crippen LogP contribution in [0.4, 0.5) is 0 Å². The molecule has 33 heavy (non-hydrogen) atoms. The van der Waals surface area contributed by atoms with Crippen LogP contribution in [0.5, 0.6) is 0 Å². The van der Waals surface area contributed by atoms with Gasteiger partial charge in [-0.1, -0.05) is 66.7 Å². The third-order valence-electron chi connectivity index (χ3n) is 5.83. The van der Waals surface area contributed by atoms with Crippen LogP contribution in [0.3, 0.4) is 0 Å². The molecule has 0 aliphatic carbocycles. The first-order valence-corrected chi connectivity index (χ1v) is 12.3. The summed E-state index contributed by atoms with van der Waals surface area (Å²) in [6, 6.07) is 27.3. The predicted octanol–water partition coefficient (Wildman–Crippen LogP) is 5.19. The van der Waals surface area contributed by atoms with E-state index in [4.69, 9.17) is 9.15 Å². The zero-order chi connectivity index (χ0) is 22.8. The van der Waals surface area contributed by atoms with Crippen molar-refractivity contribution in [2.45, 2.75) is 37.1 Å². The molecule has 5 rings (SSSR count). The summed E-state index contributed by atoms with van der Waals surface area (Å²) < 4.78 is 40.9. The summed E-state index contributed by atoms with van der Waals surface area (Å²) in [5.41, 5.74) is 2.40. The van der Waals surface area contributed by atoms with Crippen molar-refractivity contribution < 1.29 is 17.6 Å². The van der Waals surface area contributed by atoms with E-state index in [1.54, 1.807) is 30.3 Å². The van der Waals surface area contributed by atoms with Gasteiger partial charge in [-0.05, 0) is 36.8 Å². The Morgan fingerprint density at radius 2 is 1.55 bits per heavy atom. The van der Waals surface area contributed by atoms with Crippen LogP contribution in [-0.4, -0.2) is 23.7 Å². The van der Waals surface area contributed by atoms with Crippen LogP contribution in [0.25, 0.3) is 11.5 Å². The molecule has 7 heteroatoms. The standard InChI is InChI=1S/C26H24N2O4S/c1-19-24(31-18-20-11-5-2-6-12-20)25-23(27-26(32-25)21-13-7-3-8-14-21)17-28(19)33(29,30)22-15-9-4-10-16-22/h2-16,19,24H,17-18H2,1H3/t19-,24+/m0/s1. The number of hydrogen-bond acceptors (Lipinski definition) is 5. The van der Waals surface area contributed by atoms with Gasteiger partial charge in [-0.2, -0.15) is 4.31 Å². The lowest BCUT2D eigenvalue weighted by atomic mass is 10.0. The Labute approximate surface area is 193 Å². The number of aromatic nitrogens is 1. The average molecular weight is 461 g/mol. The maximum Gasteiger partial charge on any atom is 0.243 e. The first-order valence-electron chi connectivity index (χ1n) is 10.8. The van der Waals surface area contributed by atoms with Gasteiger partial charge in [0.2, 0.25) is 15.9 Å². The molecule has 2 atom stereocenters. The molecule has 0 spiro atoms. The Bertz CT molecular complexity index is 1320. The molecule has 4 aromatic rings. The highest BCUT2D eigenvalue weighted by Crippen LogP contribution is 2.39. The highest BCUT2D eigenvalue weighted by atomic mass is 32.2. The number of hydrogen-bond donors (Lipinski definition) is 0. The van der Waals surface area contributed by atoms with Crippen LogP contribution >= 0.6 is 0 Å². The SMILES string of the molecule is C[C@H]1[C@@H](OCc2ccccc2)c2oc(-c3ccccc3)nc2CN1S(=O)(=O)c1ccccc1. The second kappa shape index (κ2) is 8.94. The molecule has 6 nitrogen and oxygen atoms in total. The summed E-state index contributed by atoms with van der Waals surface area (Å²) in [4.78, 5) is 4.91. The molecule has 0 N–H and O–H groups in total. The minimum atomic E-state index is -3.75. The Balaban J connectivity index is 1.54. The average Bonchev–Trinajstić information content (AvgIpc) is 3.29. The van der Waals surface area contributed by atoms with Crippen LogP contribution in [-0.2, 0) is 27.9 Å². The predicted molar refractivity (Wildman–Crippen MR) is 125 cm³/mol. The fourth-order valence-electron chi connectivity index (χ4n) is 4.07. The third kappa shape index (κ3) is 4.23. The van der Waals surface area contributed by atoms with Gasteiger partial charge >= 0.3 is 0 Å². The largest absolute Gasteiger partial charge is 0.438 e. The molecule has 0 saturated carbocycles. The van der Waals surface area contributed by atoms with Crippen molar-refractivity contribution in [1.29, 1.82) is 0 Å². The fraction of sp³-hybridized carbons (Fsp3) is 0.192. The molecule has 0 amide bonds. The number of sulfonamides is 1. The first kappa shape index (κ1) is 21.6. The zero-order valence-electron chi connectivity index (χ0n) is 18.2. The Morgan fingerprint density at radius 3 is 2.21 bits per heavy atom. The van der Waals surface area contributed by atoms with E-state index in [0.29, 0.717) is 24.0 Å². The number of benzene rings is 3. The summed E-state index contributed by atoms with van der Waals surface area (Å²) >= 11 is 0. The molecule has 0 radical (unpaired) electrons. The fourth-order valence-corrected chi connectivity index (χ4v) is 5.68. The maximum atomic E-state index is 13.5. The lowest BCUT2D eigenvalue weighted by Gasteiger charge is -2.36. The van der Waals surface area contributed by atoms with E-state index < -0.39 is 22.2 Å². The van der Waals surface area contributed by atoms with E-state index in [9.17, 15) is 8.42 Å². The molecule has 2 heterocycles. The second-order valence-electron chi connectivity index (χ2n) is 8.02. The monoisotopic (exact) mass is 460 g/mol. The molecule has 1 aliphatic rings. The normalized spacial score (nSPS) is 18.7. The summed E-state index contributed by atoms with van der Waals surface area (Å²) in [5, 5.41) is 0. The Kier molecular flexibility index (Phi) is 5.85. The van der Waals surface area contributed by atoms with Gasteiger partial charge in [-0.3, -0.25) is 0 Å². The van der Waals surface area contributed by atoms with Crippen LogP contribution in [0.1, 0.15) is 30.0 Å². The van der Waals surface area contributed by atoms with Crippen molar-refractivity contribution in [2.24, 2.45) is 0 Å². The van der Waals surface area contributed by atoms with Crippen molar-refractivity contribution in [3.63, 3.8) is 0 Å². The van der Waals surface area contributed by atoms with Crippen LogP contribution < -0.4 is 0 Å². The van der Waals surface area contributed by atoms with Crippen molar-refractivity contribution in [2.75, 3.05) is 0 Å². The van der Waals surface area contributed by atoms with E-state index in [0.717, 1.165) is 11.1 Å². The van der Waals surface area contributed by atoms with Gasteiger partial charge in [0.1, 0.15) is 11.8 Å². The molecule has 1 aromatic heterocycles. The highest BCUT2D eigenvalue weighted by Gasteiger charge is 2.43. The molecule has 1 aliphatic heterocycles. The number of fused-ring (bicyclic) bond motifs is 1. The first-order chi connectivity index (χ1) is 16.0. The maximum absolute atomic E-state index is 13.5. The van der Waals surface area contributed by atoms with Gasteiger partial charge in [-0.25, -0.2) is 13.4 Å². The molecule has 3 aromatic carbocycles. The van der Waals surface area contributed by atoms with Crippen molar-refractivity contribution in [3.05, 3.63) is 108 Å². The minimum Gasteiger partial charge on any atom is -0.438 e. The Morgan fingerprint density at radius 1 is 0.939 bits per heavy atom. The topological polar surface area (TPSA) is 72.6 Å². The minimum absolute atomic E-state index is 0.120. The van der Waals surface area contributed by atoms with Gasteiger partial charge < -0.3 is 9.15 Å². The summed E-state index contributed by atoms with van der Waals surface area (Å²) in [6.45, 7) is 2.30. The molecule has 0 bridgehead atoms. The van der Waals surface area contributed by atoms with Crippen LogP contribution in [0.2, 0.25) is 0 Å². The number of ether oxygens (including phenoxy) is 1. The summed E-state index contributed by atoms with van der Waals surface area (Å²) in [7, 11) is -3.75. The number of oxazole rings is 1. The van der Waals surface area contributed by atoms with Gasteiger partial charge in [0.25, 0.3) is 0 Å². The van der Waals surface area contributed by atoms with Gasteiger partial charge in [0.05, 0.1) is 24.1 Å². The van der Waals surface area contributed by atoms with E-state index in [1.165, 1.54) is 4.31 Å². The molecular formula is C26H24N2O4S. The van der Waals surface area contributed by atoms with Crippen molar-refractivity contribution in [3.8, 4) is 11.5 Å².